The lowest BCUT2D eigenvalue weighted by atomic mass is 10.0. The molecule has 0 fully saturated rings. The molecule has 1 aromatic carbocycles. The van der Waals surface area contributed by atoms with Gasteiger partial charge in [-0.2, -0.15) is 0 Å². The second-order valence-electron chi connectivity index (χ2n) is 3.54. The minimum atomic E-state index is -0.636. The normalized spacial score (nSPS) is 13.3. The van der Waals surface area contributed by atoms with E-state index in [1.54, 1.807) is 0 Å². The number of aliphatic hydroxyl groups is 1. The van der Waals surface area contributed by atoms with Crippen LogP contribution in [0.4, 0.5) is 0 Å². The van der Waals surface area contributed by atoms with Crippen LogP contribution in [-0.2, 0) is 6.42 Å². The highest BCUT2D eigenvalue weighted by atomic mass is 16.3. The molecule has 3 N–H and O–H groups in total. The van der Waals surface area contributed by atoms with E-state index in [9.17, 15) is 5.11 Å². The number of hydrogen-bond acceptors (Lipinski definition) is 3. The van der Waals surface area contributed by atoms with Gasteiger partial charge in [0.2, 0.25) is 0 Å². The van der Waals surface area contributed by atoms with E-state index >= 15 is 0 Å². The smallest absolute Gasteiger partial charge is 0.134 e. The van der Waals surface area contributed by atoms with Gasteiger partial charge in [-0.1, -0.05) is 25.1 Å². The summed E-state index contributed by atoms with van der Waals surface area (Å²) in [6.45, 7) is 2.22. The number of rotatable bonds is 3. The quantitative estimate of drug-likeness (QED) is 0.805. The first-order valence-corrected chi connectivity index (χ1v) is 5.16. The van der Waals surface area contributed by atoms with Crippen molar-refractivity contribution in [3.63, 3.8) is 0 Å². The third-order valence-electron chi connectivity index (χ3n) is 2.59. The first-order chi connectivity index (χ1) is 7.27. The standard InChI is InChI=1S/C12H15NO2/c1-2-10-12(9(14)7-13)8-5-3-4-6-11(8)15-10/h3-6,9,14H,2,7,13H2,1H3/t9-/m0/s1. The summed E-state index contributed by atoms with van der Waals surface area (Å²) in [5.74, 6) is 0.828. The Morgan fingerprint density at radius 1 is 1.40 bits per heavy atom. The number of aliphatic hydroxyl groups excluding tert-OH is 1. The Morgan fingerprint density at radius 2 is 2.13 bits per heavy atom. The van der Waals surface area contributed by atoms with Crippen molar-refractivity contribution in [2.24, 2.45) is 5.73 Å². The Labute approximate surface area is 88.5 Å². The van der Waals surface area contributed by atoms with Crippen molar-refractivity contribution >= 4 is 11.0 Å². The fraction of sp³-hybridized carbons (Fsp3) is 0.333. The molecule has 3 nitrogen and oxygen atoms in total. The van der Waals surface area contributed by atoms with E-state index in [0.717, 1.165) is 28.7 Å². The summed E-state index contributed by atoms with van der Waals surface area (Å²) in [7, 11) is 0. The fourth-order valence-electron chi connectivity index (χ4n) is 1.86. The van der Waals surface area contributed by atoms with Crippen LogP contribution in [0.5, 0.6) is 0 Å². The Hall–Kier alpha value is -1.32. The van der Waals surface area contributed by atoms with Crippen molar-refractivity contribution in [1.29, 1.82) is 0 Å². The Kier molecular flexibility index (Phi) is 2.75. The fourth-order valence-corrected chi connectivity index (χ4v) is 1.86. The van der Waals surface area contributed by atoms with E-state index in [1.807, 2.05) is 31.2 Å². The molecule has 80 valence electrons. The first kappa shape index (κ1) is 10.2. The summed E-state index contributed by atoms with van der Waals surface area (Å²) in [6, 6.07) is 7.71. The van der Waals surface area contributed by atoms with Gasteiger partial charge in [-0.25, -0.2) is 0 Å². The topological polar surface area (TPSA) is 59.4 Å². The zero-order valence-corrected chi connectivity index (χ0v) is 8.73. The Bertz CT molecular complexity index is 462. The maximum atomic E-state index is 9.84. The number of hydrogen-bond donors (Lipinski definition) is 2. The van der Waals surface area contributed by atoms with Gasteiger partial charge in [-0.15, -0.1) is 0 Å². The van der Waals surface area contributed by atoms with Gasteiger partial charge in [0.15, 0.2) is 0 Å². The van der Waals surface area contributed by atoms with Crippen molar-refractivity contribution in [3.8, 4) is 0 Å². The molecule has 0 aliphatic carbocycles. The summed E-state index contributed by atoms with van der Waals surface area (Å²) in [5.41, 5.74) is 7.15. The lowest BCUT2D eigenvalue weighted by Crippen LogP contribution is -2.12. The molecular weight excluding hydrogens is 190 g/mol. The van der Waals surface area contributed by atoms with Crippen LogP contribution < -0.4 is 5.73 Å². The molecule has 15 heavy (non-hydrogen) atoms. The van der Waals surface area contributed by atoms with Crippen LogP contribution in [0.15, 0.2) is 28.7 Å². The van der Waals surface area contributed by atoms with Crippen LogP contribution in [0.1, 0.15) is 24.4 Å². The Morgan fingerprint density at radius 3 is 2.80 bits per heavy atom. The molecule has 1 atom stereocenters. The van der Waals surface area contributed by atoms with Crippen LogP contribution in [-0.4, -0.2) is 11.7 Å². The monoisotopic (exact) mass is 205 g/mol. The highest BCUT2D eigenvalue weighted by molar-refractivity contribution is 5.82. The van der Waals surface area contributed by atoms with Gasteiger partial charge in [0.25, 0.3) is 0 Å². The van der Waals surface area contributed by atoms with Gasteiger partial charge < -0.3 is 15.3 Å². The van der Waals surface area contributed by atoms with E-state index in [1.165, 1.54) is 0 Å². The molecule has 0 spiro atoms. The molecule has 2 aromatic rings. The molecule has 1 heterocycles. The maximum absolute atomic E-state index is 9.84. The number of para-hydroxylation sites is 1. The molecule has 0 unspecified atom stereocenters. The molecule has 0 bridgehead atoms. The van der Waals surface area contributed by atoms with Crippen molar-refractivity contribution in [2.45, 2.75) is 19.4 Å². The highest BCUT2D eigenvalue weighted by Crippen LogP contribution is 2.30. The van der Waals surface area contributed by atoms with E-state index < -0.39 is 6.10 Å². The van der Waals surface area contributed by atoms with Gasteiger partial charge in [0.1, 0.15) is 11.3 Å². The molecule has 0 saturated heterocycles. The number of fused-ring (bicyclic) bond motifs is 1. The number of aryl methyl sites for hydroxylation is 1. The van der Waals surface area contributed by atoms with Crippen LogP contribution in [0, 0.1) is 0 Å². The van der Waals surface area contributed by atoms with Gasteiger partial charge in [-0.3, -0.25) is 0 Å². The summed E-state index contributed by atoms with van der Waals surface area (Å²) in [6.07, 6.45) is 0.129. The largest absolute Gasteiger partial charge is 0.461 e. The van der Waals surface area contributed by atoms with Gasteiger partial charge in [0, 0.05) is 23.9 Å². The van der Waals surface area contributed by atoms with Gasteiger partial charge in [-0.05, 0) is 6.07 Å². The van der Waals surface area contributed by atoms with Crippen LogP contribution in [0.2, 0.25) is 0 Å². The molecule has 0 aliphatic heterocycles. The summed E-state index contributed by atoms with van der Waals surface area (Å²) < 4.78 is 5.66. The second kappa shape index (κ2) is 4.04. The van der Waals surface area contributed by atoms with Crippen LogP contribution in [0.3, 0.4) is 0 Å². The van der Waals surface area contributed by atoms with Gasteiger partial charge in [0.05, 0.1) is 6.10 Å². The average Bonchev–Trinajstić information content (AvgIpc) is 2.66. The Balaban J connectivity index is 2.66. The second-order valence-corrected chi connectivity index (χ2v) is 3.54. The molecule has 0 radical (unpaired) electrons. The van der Waals surface area contributed by atoms with E-state index in [4.69, 9.17) is 10.2 Å². The highest BCUT2D eigenvalue weighted by Gasteiger charge is 2.18. The molecule has 3 heteroatoms. The number of nitrogens with two attached hydrogens (primary N) is 1. The van der Waals surface area contributed by atoms with E-state index in [2.05, 4.69) is 0 Å². The van der Waals surface area contributed by atoms with E-state index in [0.29, 0.717) is 0 Å². The summed E-state index contributed by atoms with van der Waals surface area (Å²) in [5, 5.41) is 10.8. The SMILES string of the molecule is CCc1oc2ccccc2c1[C@@H](O)CN. The third kappa shape index (κ3) is 1.64. The molecule has 0 amide bonds. The maximum Gasteiger partial charge on any atom is 0.134 e. The van der Waals surface area contributed by atoms with Crippen molar-refractivity contribution in [1.82, 2.24) is 0 Å². The van der Waals surface area contributed by atoms with Crippen molar-refractivity contribution in [2.75, 3.05) is 6.54 Å². The van der Waals surface area contributed by atoms with Crippen molar-refractivity contribution < 1.29 is 9.52 Å². The predicted molar refractivity (Wildman–Crippen MR) is 59.6 cm³/mol. The zero-order valence-electron chi connectivity index (χ0n) is 8.73. The zero-order chi connectivity index (χ0) is 10.8. The molecular formula is C12H15NO2. The van der Waals surface area contributed by atoms with E-state index in [-0.39, 0.29) is 6.54 Å². The lowest BCUT2D eigenvalue weighted by Gasteiger charge is -2.07. The minimum Gasteiger partial charge on any atom is -0.461 e. The predicted octanol–water partition coefficient (Wildman–Crippen LogP) is 1.99. The number of benzene rings is 1. The van der Waals surface area contributed by atoms with Crippen LogP contribution in [0.25, 0.3) is 11.0 Å². The average molecular weight is 205 g/mol. The lowest BCUT2D eigenvalue weighted by molar-refractivity contribution is 0.185. The molecule has 2 rings (SSSR count). The van der Waals surface area contributed by atoms with Crippen LogP contribution >= 0.6 is 0 Å². The summed E-state index contributed by atoms with van der Waals surface area (Å²) in [4.78, 5) is 0. The third-order valence-corrected chi connectivity index (χ3v) is 2.59. The van der Waals surface area contributed by atoms with Crippen molar-refractivity contribution in [3.05, 3.63) is 35.6 Å². The van der Waals surface area contributed by atoms with Gasteiger partial charge >= 0.3 is 0 Å². The summed E-state index contributed by atoms with van der Waals surface area (Å²) >= 11 is 0. The number of furan rings is 1. The molecule has 0 aliphatic rings. The molecule has 0 saturated carbocycles. The minimum absolute atomic E-state index is 0.219. The molecule has 1 aromatic heterocycles. The first-order valence-electron chi connectivity index (χ1n) is 5.16.